The summed E-state index contributed by atoms with van der Waals surface area (Å²) in [4.78, 5) is 62.2. The lowest BCUT2D eigenvalue weighted by Gasteiger charge is -2.36. The molecule has 7 rings (SSSR count). The van der Waals surface area contributed by atoms with E-state index >= 15 is 0 Å². The third-order valence-electron chi connectivity index (χ3n) is 13.1. The monoisotopic (exact) mass is 1010 g/mol. The van der Waals surface area contributed by atoms with Gasteiger partial charge in [0.2, 0.25) is 0 Å². The fourth-order valence-electron chi connectivity index (χ4n) is 10.1. The Bertz CT molecular complexity index is 2200. The number of carbonyl (C=O) groups is 4. The Kier molecular flexibility index (Phi) is 14.3. The molecule has 6 nitrogen and oxygen atoms in total. The van der Waals surface area contributed by atoms with Gasteiger partial charge in [0.15, 0.2) is 0 Å². The maximum Gasteiger partial charge on any atom is 0.262 e. The SMILES string of the molecule is CCCCCCC(CCCCCC)N1C(=O)c2ccc3c4cc(I)c5c6c(c(I)cc(c7ccc(c2c37)C1=O)c64)C(=O)N(C(CCCCCC)CCCCCC)C5=O. The summed E-state index contributed by atoms with van der Waals surface area (Å²) in [6.07, 6.45) is 21.0. The van der Waals surface area contributed by atoms with Gasteiger partial charge in [-0.25, -0.2) is 0 Å². The van der Waals surface area contributed by atoms with Crippen LogP contribution in [0, 0.1) is 7.14 Å². The Labute approximate surface area is 372 Å². The molecule has 0 aromatic heterocycles. The molecule has 308 valence electrons. The fraction of sp³-hybridized carbons (Fsp3) is 0.520. The summed E-state index contributed by atoms with van der Waals surface area (Å²) in [5, 5.41) is 7.08. The lowest BCUT2D eigenvalue weighted by molar-refractivity contribution is 0.0500. The van der Waals surface area contributed by atoms with Crippen LogP contribution < -0.4 is 0 Å². The molecule has 0 fully saturated rings. The molecule has 0 saturated heterocycles. The first-order chi connectivity index (χ1) is 28.2. The minimum absolute atomic E-state index is 0.119. The number of nitrogens with zero attached hydrogens (tertiary/aromatic N) is 2. The molecule has 2 aliphatic heterocycles. The van der Waals surface area contributed by atoms with Crippen LogP contribution in [0.25, 0.3) is 43.1 Å². The zero-order chi connectivity index (χ0) is 41.1. The third-order valence-corrected chi connectivity index (χ3v) is 14.8. The Hall–Kier alpha value is -2.86. The third kappa shape index (κ3) is 7.91. The fourth-order valence-corrected chi connectivity index (χ4v) is 11.7. The van der Waals surface area contributed by atoms with Gasteiger partial charge in [0.1, 0.15) is 0 Å². The number of fused-ring (bicyclic) bond motifs is 2. The molecule has 0 atom stereocenters. The minimum Gasteiger partial charge on any atom is -0.271 e. The number of unbranched alkanes of at least 4 members (excludes halogenated alkanes) is 12. The summed E-state index contributed by atoms with van der Waals surface area (Å²) in [6.45, 7) is 8.83. The molecule has 0 bridgehead atoms. The van der Waals surface area contributed by atoms with E-state index in [0.29, 0.717) is 22.3 Å². The Morgan fingerprint density at radius 2 is 0.759 bits per heavy atom. The van der Waals surface area contributed by atoms with E-state index < -0.39 is 0 Å². The van der Waals surface area contributed by atoms with Gasteiger partial charge in [-0.3, -0.25) is 29.0 Å². The molecule has 2 heterocycles. The van der Waals surface area contributed by atoms with E-state index in [-0.39, 0.29) is 35.7 Å². The summed E-state index contributed by atoms with van der Waals surface area (Å²) < 4.78 is 1.65. The molecule has 0 aliphatic carbocycles. The van der Waals surface area contributed by atoms with Crippen LogP contribution in [0.2, 0.25) is 0 Å². The van der Waals surface area contributed by atoms with Crippen LogP contribution in [0.4, 0.5) is 0 Å². The second-order valence-corrected chi connectivity index (χ2v) is 19.4. The number of carbonyl (C=O) groups excluding carboxylic acids is 4. The van der Waals surface area contributed by atoms with Crippen molar-refractivity contribution < 1.29 is 19.2 Å². The lowest BCUT2D eigenvalue weighted by atomic mass is 9.81. The van der Waals surface area contributed by atoms with E-state index in [2.05, 4.69) is 85.0 Å². The van der Waals surface area contributed by atoms with Crippen molar-refractivity contribution in [1.82, 2.24) is 9.80 Å². The van der Waals surface area contributed by atoms with Crippen LogP contribution in [-0.2, 0) is 0 Å². The molecule has 0 saturated carbocycles. The highest BCUT2D eigenvalue weighted by molar-refractivity contribution is 14.1. The number of halogens is 2. The predicted molar refractivity (Wildman–Crippen MR) is 257 cm³/mol. The average Bonchev–Trinajstić information content (AvgIpc) is 3.21. The van der Waals surface area contributed by atoms with Crippen molar-refractivity contribution in [2.75, 3.05) is 0 Å². The van der Waals surface area contributed by atoms with E-state index in [1.165, 1.54) is 0 Å². The smallest absolute Gasteiger partial charge is 0.262 e. The van der Waals surface area contributed by atoms with Gasteiger partial charge in [-0.05, 0) is 127 Å². The van der Waals surface area contributed by atoms with Gasteiger partial charge in [-0.1, -0.05) is 143 Å². The van der Waals surface area contributed by atoms with Crippen LogP contribution in [0.15, 0.2) is 36.4 Å². The number of imide groups is 2. The van der Waals surface area contributed by atoms with Crippen LogP contribution in [0.3, 0.4) is 0 Å². The molecule has 0 spiro atoms. The first-order valence-electron chi connectivity index (χ1n) is 22.5. The standard InChI is InChI=1S/C50H60I2N2O4/c1-5-9-13-17-21-31(22-18-14-10-6-2)53-47(55)35-27-25-33-37-29-39(51)44-46-43(37)38(34-26-28-36(48(53)56)42(35)41(33)34)30-40(52)45(46)50(58)54(49(44)57)32(23-19-15-11-7-3)24-20-16-12-8-4/h25-32H,5-24H2,1-4H3. The molecule has 8 heteroatoms. The summed E-state index contributed by atoms with van der Waals surface area (Å²) in [7, 11) is 0. The van der Waals surface area contributed by atoms with Gasteiger partial charge in [0, 0.05) is 41.1 Å². The molecule has 58 heavy (non-hydrogen) atoms. The quantitative estimate of drug-likeness (QED) is 0.0228. The van der Waals surface area contributed by atoms with Crippen LogP contribution in [0.5, 0.6) is 0 Å². The summed E-state index contributed by atoms with van der Waals surface area (Å²) >= 11 is 4.60. The summed E-state index contributed by atoms with van der Waals surface area (Å²) in [5.74, 6) is -0.729. The zero-order valence-electron chi connectivity index (χ0n) is 35.0. The molecular formula is C50H60I2N2O4. The van der Waals surface area contributed by atoms with Crippen LogP contribution >= 0.6 is 45.2 Å². The second-order valence-electron chi connectivity index (χ2n) is 17.0. The van der Waals surface area contributed by atoms with Gasteiger partial charge in [-0.15, -0.1) is 0 Å². The number of rotatable bonds is 22. The van der Waals surface area contributed by atoms with Crippen molar-refractivity contribution >= 4 is 112 Å². The van der Waals surface area contributed by atoms with Gasteiger partial charge in [0.25, 0.3) is 23.6 Å². The maximum absolute atomic E-state index is 14.8. The second kappa shape index (κ2) is 19.2. The molecule has 0 radical (unpaired) electrons. The van der Waals surface area contributed by atoms with E-state index in [1.54, 1.807) is 9.80 Å². The van der Waals surface area contributed by atoms with Crippen molar-refractivity contribution in [1.29, 1.82) is 0 Å². The molecule has 4 amide bonds. The largest absolute Gasteiger partial charge is 0.271 e. The number of hydrogen-bond donors (Lipinski definition) is 0. The highest BCUT2D eigenvalue weighted by Gasteiger charge is 2.42. The molecule has 5 aromatic rings. The van der Waals surface area contributed by atoms with Gasteiger partial charge < -0.3 is 0 Å². The highest BCUT2D eigenvalue weighted by Crippen LogP contribution is 2.49. The molecule has 5 aromatic carbocycles. The summed E-state index contributed by atoms with van der Waals surface area (Å²) in [6, 6.07) is 11.9. The van der Waals surface area contributed by atoms with Crippen molar-refractivity contribution in [3.05, 3.63) is 65.8 Å². The van der Waals surface area contributed by atoms with Crippen molar-refractivity contribution in [2.45, 2.75) is 168 Å². The first kappa shape index (κ1) is 43.2. The Morgan fingerprint density at radius 1 is 0.414 bits per heavy atom. The van der Waals surface area contributed by atoms with Crippen molar-refractivity contribution in [3.8, 4) is 0 Å². The number of hydrogen-bond acceptors (Lipinski definition) is 4. The van der Waals surface area contributed by atoms with Gasteiger partial charge in [0.05, 0.1) is 11.1 Å². The van der Waals surface area contributed by atoms with E-state index in [0.717, 1.165) is 179 Å². The molecule has 2 aliphatic rings. The topological polar surface area (TPSA) is 74.8 Å². The summed E-state index contributed by atoms with van der Waals surface area (Å²) in [5.41, 5.74) is 2.43. The minimum atomic E-state index is -0.187. The lowest BCUT2D eigenvalue weighted by Crippen LogP contribution is -2.48. The van der Waals surface area contributed by atoms with Gasteiger partial charge >= 0.3 is 0 Å². The van der Waals surface area contributed by atoms with Gasteiger partial charge in [-0.2, -0.15) is 0 Å². The Morgan fingerprint density at radius 3 is 1.12 bits per heavy atom. The van der Waals surface area contributed by atoms with E-state index in [9.17, 15) is 19.2 Å². The number of amides is 4. The average molecular weight is 1010 g/mol. The molecule has 0 N–H and O–H groups in total. The zero-order valence-corrected chi connectivity index (χ0v) is 39.4. The highest BCUT2D eigenvalue weighted by atomic mass is 127. The van der Waals surface area contributed by atoms with Crippen molar-refractivity contribution in [3.63, 3.8) is 0 Å². The van der Waals surface area contributed by atoms with Crippen molar-refractivity contribution in [2.24, 2.45) is 0 Å². The molecular weight excluding hydrogens is 946 g/mol. The Balaban J connectivity index is 1.35. The van der Waals surface area contributed by atoms with E-state index in [1.807, 2.05) is 24.3 Å². The molecule has 0 unspecified atom stereocenters. The number of benzene rings is 5. The van der Waals surface area contributed by atoms with E-state index in [4.69, 9.17) is 0 Å². The maximum atomic E-state index is 14.8. The van der Waals surface area contributed by atoms with Crippen LogP contribution in [0.1, 0.15) is 198 Å². The predicted octanol–water partition coefficient (Wildman–Crippen LogP) is 14.8. The van der Waals surface area contributed by atoms with Crippen LogP contribution in [-0.4, -0.2) is 45.5 Å². The first-order valence-corrected chi connectivity index (χ1v) is 24.7. The normalized spacial score (nSPS) is 14.4.